The molecule has 1 aliphatic heterocycles. The van der Waals surface area contributed by atoms with E-state index >= 15 is 0 Å². The minimum absolute atomic E-state index is 0.710. The topological polar surface area (TPSA) is 28.2 Å². The molecule has 17 heavy (non-hydrogen) atoms. The molecule has 0 aromatic carbocycles. The fourth-order valence-corrected chi connectivity index (χ4v) is 2.47. The zero-order valence-electron chi connectivity index (χ0n) is 10.9. The molecule has 0 spiro atoms. The third-order valence-corrected chi connectivity index (χ3v) is 3.66. The number of anilines is 1. The van der Waals surface area contributed by atoms with Gasteiger partial charge in [0, 0.05) is 25.8 Å². The predicted octanol–water partition coefficient (Wildman–Crippen LogP) is 2.89. The van der Waals surface area contributed by atoms with Crippen molar-refractivity contribution in [1.29, 1.82) is 0 Å². The first-order valence-electron chi connectivity index (χ1n) is 6.66. The molecule has 1 fully saturated rings. The van der Waals surface area contributed by atoms with Crippen LogP contribution in [0, 0.1) is 0 Å². The van der Waals surface area contributed by atoms with Gasteiger partial charge in [-0.3, -0.25) is 4.90 Å². The maximum absolute atomic E-state index is 4.37. The fraction of sp³-hybridized carbons (Fsp3) is 0.643. The number of nitrogens with zero attached hydrogens (tertiary/aromatic N) is 2. The summed E-state index contributed by atoms with van der Waals surface area (Å²) < 4.78 is 0. The van der Waals surface area contributed by atoms with Crippen LogP contribution in [0.2, 0.25) is 0 Å². The van der Waals surface area contributed by atoms with Crippen LogP contribution in [-0.2, 0) is 6.54 Å². The minimum Gasteiger partial charge on any atom is -0.373 e. The average molecular weight is 233 g/mol. The van der Waals surface area contributed by atoms with Gasteiger partial charge in [-0.2, -0.15) is 0 Å². The molecule has 1 atom stereocenters. The van der Waals surface area contributed by atoms with Crippen LogP contribution < -0.4 is 5.32 Å². The zero-order valence-corrected chi connectivity index (χ0v) is 10.9. The van der Waals surface area contributed by atoms with Crippen LogP contribution in [0.15, 0.2) is 18.3 Å². The van der Waals surface area contributed by atoms with Crippen molar-refractivity contribution in [1.82, 2.24) is 9.88 Å². The van der Waals surface area contributed by atoms with Crippen molar-refractivity contribution in [2.75, 3.05) is 18.9 Å². The van der Waals surface area contributed by atoms with Gasteiger partial charge in [0.05, 0.1) is 0 Å². The molecule has 3 nitrogen and oxygen atoms in total. The first-order chi connectivity index (χ1) is 8.29. The van der Waals surface area contributed by atoms with Gasteiger partial charge in [-0.25, -0.2) is 4.98 Å². The van der Waals surface area contributed by atoms with E-state index in [1.807, 2.05) is 13.2 Å². The van der Waals surface area contributed by atoms with Gasteiger partial charge in [-0.1, -0.05) is 18.9 Å². The zero-order chi connectivity index (χ0) is 12.1. The largest absolute Gasteiger partial charge is 0.373 e. The number of pyridine rings is 1. The van der Waals surface area contributed by atoms with Gasteiger partial charge >= 0.3 is 0 Å². The molecule has 1 aromatic heterocycles. The Hall–Kier alpha value is -1.09. The Morgan fingerprint density at radius 1 is 1.35 bits per heavy atom. The highest BCUT2D eigenvalue weighted by Crippen LogP contribution is 2.18. The van der Waals surface area contributed by atoms with E-state index in [4.69, 9.17) is 0 Å². The number of rotatable bonds is 3. The molecule has 1 saturated heterocycles. The molecule has 2 rings (SSSR count). The molecule has 0 saturated carbocycles. The van der Waals surface area contributed by atoms with Gasteiger partial charge in [0.2, 0.25) is 0 Å². The van der Waals surface area contributed by atoms with Crippen LogP contribution in [0.4, 0.5) is 5.82 Å². The number of hydrogen-bond donors (Lipinski definition) is 1. The number of nitrogens with one attached hydrogen (secondary N) is 1. The lowest BCUT2D eigenvalue weighted by atomic mass is 10.1. The molecule has 1 N–H and O–H groups in total. The van der Waals surface area contributed by atoms with E-state index in [0.29, 0.717) is 6.04 Å². The van der Waals surface area contributed by atoms with Crippen LogP contribution in [0.1, 0.15) is 38.2 Å². The predicted molar refractivity (Wildman–Crippen MR) is 72.1 cm³/mol. The summed E-state index contributed by atoms with van der Waals surface area (Å²) in [6.07, 6.45) is 7.43. The van der Waals surface area contributed by atoms with Crippen molar-refractivity contribution in [3.05, 3.63) is 23.9 Å². The summed E-state index contributed by atoms with van der Waals surface area (Å²) in [5.74, 6) is 0.942. The van der Waals surface area contributed by atoms with E-state index in [9.17, 15) is 0 Å². The molecular formula is C14H23N3. The van der Waals surface area contributed by atoms with E-state index in [1.54, 1.807) is 0 Å². The minimum atomic E-state index is 0.710. The first-order valence-corrected chi connectivity index (χ1v) is 6.66. The van der Waals surface area contributed by atoms with Crippen LogP contribution in [0.5, 0.6) is 0 Å². The van der Waals surface area contributed by atoms with Crippen molar-refractivity contribution in [3.63, 3.8) is 0 Å². The third-order valence-electron chi connectivity index (χ3n) is 3.66. The molecule has 2 heterocycles. The maximum atomic E-state index is 4.37. The summed E-state index contributed by atoms with van der Waals surface area (Å²) >= 11 is 0. The Morgan fingerprint density at radius 3 is 2.94 bits per heavy atom. The summed E-state index contributed by atoms with van der Waals surface area (Å²) in [5.41, 5.74) is 1.32. The Morgan fingerprint density at radius 2 is 2.24 bits per heavy atom. The average Bonchev–Trinajstić information content (AvgIpc) is 2.56. The highest BCUT2D eigenvalue weighted by Gasteiger charge is 2.16. The highest BCUT2D eigenvalue weighted by atomic mass is 15.1. The summed E-state index contributed by atoms with van der Waals surface area (Å²) in [7, 11) is 1.90. The number of aromatic nitrogens is 1. The summed E-state index contributed by atoms with van der Waals surface area (Å²) in [6, 6.07) is 4.94. The normalized spacial score (nSPS) is 22.1. The van der Waals surface area contributed by atoms with Gasteiger partial charge in [0.15, 0.2) is 0 Å². The van der Waals surface area contributed by atoms with Crippen molar-refractivity contribution in [2.45, 2.75) is 45.2 Å². The third kappa shape index (κ3) is 3.43. The second-order valence-electron chi connectivity index (χ2n) is 4.97. The lowest BCUT2D eigenvalue weighted by molar-refractivity contribution is 0.204. The van der Waals surface area contributed by atoms with Crippen molar-refractivity contribution < 1.29 is 0 Å². The summed E-state index contributed by atoms with van der Waals surface area (Å²) in [6.45, 7) is 4.62. The van der Waals surface area contributed by atoms with Gasteiger partial charge in [-0.05, 0) is 37.9 Å². The molecule has 94 valence electrons. The van der Waals surface area contributed by atoms with E-state index in [-0.39, 0.29) is 0 Å². The first kappa shape index (κ1) is 12.4. The van der Waals surface area contributed by atoms with Gasteiger partial charge < -0.3 is 5.32 Å². The highest BCUT2D eigenvalue weighted by molar-refractivity contribution is 5.34. The van der Waals surface area contributed by atoms with Crippen molar-refractivity contribution >= 4 is 5.82 Å². The molecule has 1 unspecified atom stereocenters. The lowest BCUT2D eigenvalue weighted by Gasteiger charge is -2.26. The second-order valence-corrected chi connectivity index (χ2v) is 4.97. The van der Waals surface area contributed by atoms with Crippen LogP contribution in [0.3, 0.4) is 0 Å². The molecule has 0 radical (unpaired) electrons. The Bertz CT molecular complexity index is 334. The van der Waals surface area contributed by atoms with Crippen LogP contribution in [-0.4, -0.2) is 29.5 Å². The van der Waals surface area contributed by atoms with Gasteiger partial charge in [-0.15, -0.1) is 0 Å². The molecule has 0 aliphatic carbocycles. The Labute approximate surface area is 104 Å². The number of likely N-dealkylation sites (tertiary alicyclic amines) is 1. The summed E-state index contributed by atoms with van der Waals surface area (Å²) in [4.78, 5) is 6.96. The second kappa shape index (κ2) is 6.01. The Kier molecular flexibility index (Phi) is 4.37. The van der Waals surface area contributed by atoms with Crippen molar-refractivity contribution in [3.8, 4) is 0 Å². The van der Waals surface area contributed by atoms with E-state index in [2.05, 4.69) is 34.3 Å². The quantitative estimate of drug-likeness (QED) is 0.870. The van der Waals surface area contributed by atoms with Crippen molar-refractivity contribution in [2.24, 2.45) is 0 Å². The van der Waals surface area contributed by atoms with Crippen LogP contribution >= 0.6 is 0 Å². The molecule has 0 bridgehead atoms. The van der Waals surface area contributed by atoms with E-state index in [1.165, 1.54) is 37.8 Å². The molecular weight excluding hydrogens is 210 g/mol. The fourth-order valence-electron chi connectivity index (χ4n) is 2.47. The summed E-state index contributed by atoms with van der Waals surface area (Å²) in [5, 5.41) is 3.05. The smallest absolute Gasteiger partial charge is 0.125 e. The van der Waals surface area contributed by atoms with E-state index in [0.717, 1.165) is 12.4 Å². The molecule has 1 aliphatic rings. The van der Waals surface area contributed by atoms with E-state index < -0.39 is 0 Å². The van der Waals surface area contributed by atoms with Gasteiger partial charge in [0.1, 0.15) is 5.82 Å². The Balaban J connectivity index is 1.98. The molecule has 1 aromatic rings. The SMILES string of the molecule is CNc1ccc(CN2CCCCCC2C)cn1. The van der Waals surface area contributed by atoms with Gasteiger partial charge in [0.25, 0.3) is 0 Å². The molecule has 3 heteroatoms. The number of hydrogen-bond acceptors (Lipinski definition) is 3. The standard InChI is InChI=1S/C14H23N3/c1-12-6-4-3-5-9-17(12)11-13-7-8-14(15-2)16-10-13/h7-8,10,12H,3-6,9,11H2,1-2H3,(H,15,16). The lowest BCUT2D eigenvalue weighted by Crippen LogP contribution is -2.31. The molecule has 0 amide bonds. The maximum Gasteiger partial charge on any atom is 0.125 e. The van der Waals surface area contributed by atoms with Crippen LogP contribution in [0.25, 0.3) is 0 Å². The monoisotopic (exact) mass is 233 g/mol.